The third kappa shape index (κ3) is 6.17. The van der Waals surface area contributed by atoms with Gasteiger partial charge in [0, 0.05) is 18.2 Å². The van der Waals surface area contributed by atoms with Crippen LogP contribution in [0.25, 0.3) is 11.3 Å². The Bertz CT molecular complexity index is 1260. The van der Waals surface area contributed by atoms with Crippen LogP contribution in [0.1, 0.15) is 16.7 Å². The summed E-state index contributed by atoms with van der Waals surface area (Å²) in [4.78, 5) is 24.6. The molecule has 166 valence electrons. The predicted molar refractivity (Wildman–Crippen MR) is 128 cm³/mol. The third-order valence-corrected chi connectivity index (χ3v) is 5.17. The first-order valence-corrected chi connectivity index (χ1v) is 10.7. The van der Waals surface area contributed by atoms with Crippen LogP contribution in [0.15, 0.2) is 95.8 Å². The van der Waals surface area contributed by atoms with Gasteiger partial charge in [0.25, 0.3) is 5.56 Å². The fourth-order valence-corrected chi connectivity index (χ4v) is 3.28. The molecule has 4 aromatic rings. The molecule has 0 aliphatic heterocycles. The number of aryl methyl sites for hydroxylation is 1. The number of carbonyl (C=O) groups is 1. The van der Waals surface area contributed by atoms with E-state index in [1.165, 1.54) is 10.7 Å². The van der Waals surface area contributed by atoms with Gasteiger partial charge in [-0.25, -0.2) is 4.68 Å². The van der Waals surface area contributed by atoms with E-state index in [1.54, 1.807) is 6.07 Å². The molecule has 0 bridgehead atoms. The summed E-state index contributed by atoms with van der Waals surface area (Å²) in [5.41, 5.74) is 4.40. The fraction of sp³-hybridized carbons (Fsp3) is 0.148. The highest BCUT2D eigenvalue weighted by Crippen LogP contribution is 2.16. The number of nitrogens with zero attached hydrogens (tertiary/aromatic N) is 2. The number of rotatable bonds is 8. The summed E-state index contributed by atoms with van der Waals surface area (Å²) in [5.74, 6) is 0.479. The van der Waals surface area contributed by atoms with E-state index < -0.39 is 0 Å². The lowest BCUT2D eigenvalue weighted by Gasteiger charge is -2.10. The van der Waals surface area contributed by atoms with Crippen LogP contribution in [0, 0.1) is 6.92 Å². The monoisotopic (exact) mass is 439 g/mol. The van der Waals surface area contributed by atoms with Crippen molar-refractivity contribution in [3.05, 3.63) is 118 Å². The van der Waals surface area contributed by atoms with Crippen molar-refractivity contribution in [2.75, 3.05) is 0 Å². The molecular weight excluding hydrogens is 414 g/mol. The van der Waals surface area contributed by atoms with Crippen LogP contribution >= 0.6 is 0 Å². The zero-order valence-corrected chi connectivity index (χ0v) is 18.4. The van der Waals surface area contributed by atoms with E-state index in [9.17, 15) is 9.59 Å². The molecule has 1 amide bonds. The molecule has 1 heterocycles. The van der Waals surface area contributed by atoms with Crippen molar-refractivity contribution in [3.8, 4) is 17.0 Å². The summed E-state index contributed by atoms with van der Waals surface area (Å²) >= 11 is 0. The van der Waals surface area contributed by atoms with Gasteiger partial charge in [-0.05, 0) is 36.2 Å². The topological polar surface area (TPSA) is 73.2 Å². The Labute approximate surface area is 192 Å². The molecule has 1 N–H and O–H groups in total. The van der Waals surface area contributed by atoms with Gasteiger partial charge in [-0.1, -0.05) is 72.3 Å². The maximum atomic E-state index is 12.4. The quantitative estimate of drug-likeness (QED) is 0.448. The minimum Gasteiger partial charge on any atom is -0.489 e. The van der Waals surface area contributed by atoms with E-state index >= 15 is 0 Å². The lowest BCUT2D eigenvalue weighted by atomic mass is 10.1. The van der Waals surface area contributed by atoms with Crippen LogP contribution in [0.5, 0.6) is 5.75 Å². The van der Waals surface area contributed by atoms with Crippen molar-refractivity contribution in [1.82, 2.24) is 15.1 Å². The van der Waals surface area contributed by atoms with Crippen LogP contribution in [0.2, 0.25) is 0 Å². The molecule has 0 aliphatic rings. The standard InChI is InChI=1S/C27H25N3O3/c1-20-7-11-23(12-8-20)25-15-16-27(32)30(29-25)18-26(31)28-17-21-9-13-24(14-10-21)33-19-22-5-3-2-4-6-22/h2-16H,17-19H2,1H3,(H,28,31). The molecule has 0 saturated heterocycles. The van der Waals surface area contributed by atoms with Crippen LogP contribution < -0.4 is 15.6 Å². The van der Waals surface area contributed by atoms with E-state index in [2.05, 4.69) is 10.4 Å². The van der Waals surface area contributed by atoms with Gasteiger partial charge in [0.15, 0.2) is 0 Å². The molecule has 0 aliphatic carbocycles. The Kier molecular flexibility index (Phi) is 6.95. The molecule has 33 heavy (non-hydrogen) atoms. The van der Waals surface area contributed by atoms with Crippen molar-refractivity contribution in [2.45, 2.75) is 26.6 Å². The summed E-state index contributed by atoms with van der Waals surface area (Å²) in [6.07, 6.45) is 0. The summed E-state index contributed by atoms with van der Waals surface area (Å²) in [6, 6.07) is 28.5. The number of carbonyl (C=O) groups excluding carboxylic acids is 1. The molecule has 0 fully saturated rings. The van der Waals surface area contributed by atoms with E-state index in [0.29, 0.717) is 18.8 Å². The summed E-state index contributed by atoms with van der Waals surface area (Å²) < 4.78 is 6.97. The van der Waals surface area contributed by atoms with Crippen molar-refractivity contribution in [2.24, 2.45) is 0 Å². The van der Waals surface area contributed by atoms with Crippen molar-refractivity contribution in [1.29, 1.82) is 0 Å². The molecule has 0 radical (unpaired) electrons. The second kappa shape index (κ2) is 10.4. The Morgan fingerprint density at radius 1 is 0.879 bits per heavy atom. The molecule has 0 unspecified atom stereocenters. The average Bonchev–Trinajstić information content (AvgIpc) is 2.85. The van der Waals surface area contributed by atoms with Gasteiger partial charge in [0.1, 0.15) is 18.9 Å². The lowest BCUT2D eigenvalue weighted by molar-refractivity contribution is -0.122. The highest BCUT2D eigenvalue weighted by molar-refractivity contribution is 5.75. The number of nitrogens with one attached hydrogen (secondary N) is 1. The molecule has 1 aromatic heterocycles. The van der Waals surface area contributed by atoms with Crippen LogP contribution in [0.4, 0.5) is 0 Å². The second-order valence-electron chi connectivity index (χ2n) is 7.78. The Morgan fingerprint density at radius 3 is 2.33 bits per heavy atom. The maximum absolute atomic E-state index is 12.4. The summed E-state index contributed by atoms with van der Waals surface area (Å²) in [7, 11) is 0. The molecule has 3 aromatic carbocycles. The first-order chi connectivity index (χ1) is 16.1. The smallest absolute Gasteiger partial charge is 0.267 e. The predicted octanol–water partition coefficient (Wildman–Crippen LogP) is 4.11. The Hall–Kier alpha value is -4.19. The molecule has 0 spiro atoms. The largest absolute Gasteiger partial charge is 0.489 e. The van der Waals surface area contributed by atoms with E-state index in [-0.39, 0.29) is 18.0 Å². The highest BCUT2D eigenvalue weighted by atomic mass is 16.5. The van der Waals surface area contributed by atoms with Gasteiger partial charge in [0.05, 0.1) is 5.69 Å². The van der Waals surface area contributed by atoms with Crippen molar-refractivity contribution < 1.29 is 9.53 Å². The molecule has 0 atom stereocenters. The summed E-state index contributed by atoms with van der Waals surface area (Å²) in [5, 5.41) is 7.19. The van der Waals surface area contributed by atoms with Crippen LogP contribution in [-0.4, -0.2) is 15.7 Å². The van der Waals surface area contributed by atoms with Gasteiger partial charge in [0.2, 0.25) is 5.91 Å². The molecule has 6 heteroatoms. The first-order valence-electron chi connectivity index (χ1n) is 10.7. The van der Waals surface area contributed by atoms with Gasteiger partial charge < -0.3 is 10.1 Å². The minimum absolute atomic E-state index is 0.142. The number of amides is 1. The molecular formula is C27H25N3O3. The van der Waals surface area contributed by atoms with E-state index in [0.717, 1.165) is 28.0 Å². The fourth-order valence-electron chi connectivity index (χ4n) is 3.28. The van der Waals surface area contributed by atoms with Gasteiger partial charge in [-0.3, -0.25) is 9.59 Å². The van der Waals surface area contributed by atoms with Gasteiger partial charge >= 0.3 is 0 Å². The zero-order valence-electron chi connectivity index (χ0n) is 18.4. The number of ether oxygens (including phenoxy) is 1. The van der Waals surface area contributed by atoms with E-state index in [1.807, 2.05) is 85.8 Å². The third-order valence-electron chi connectivity index (χ3n) is 5.17. The summed E-state index contributed by atoms with van der Waals surface area (Å²) in [6.45, 7) is 2.72. The Balaban J connectivity index is 1.31. The van der Waals surface area contributed by atoms with Crippen LogP contribution in [0.3, 0.4) is 0 Å². The normalized spacial score (nSPS) is 10.6. The zero-order chi connectivity index (χ0) is 23.0. The number of benzene rings is 3. The molecule has 6 nitrogen and oxygen atoms in total. The molecule has 4 rings (SSSR count). The van der Waals surface area contributed by atoms with Gasteiger partial charge in [-0.15, -0.1) is 0 Å². The SMILES string of the molecule is Cc1ccc(-c2ccc(=O)n(CC(=O)NCc3ccc(OCc4ccccc4)cc3)n2)cc1. The van der Waals surface area contributed by atoms with Crippen molar-refractivity contribution in [3.63, 3.8) is 0 Å². The minimum atomic E-state index is -0.319. The van der Waals surface area contributed by atoms with Crippen LogP contribution in [-0.2, 0) is 24.5 Å². The maximum Gasteiger partial charge on any atom is 0.267 e. The average molecular weight is 440 g/mol. The lowest BCUT2D eigenvalue weighted by Crippen LogP contribution is -2.33. The molecule has 0 saturated carbocycles. The van der Waals surface area contributed by atoms with Gasteiger partial charge in [-0.2, -0.15) is 5.10 Å². The second-order valence-corrected chi connectivity index (χ2v) is 7.78. The van der Waals surface area contributed by atoms with E-state index in [4.69, 9.17) is 4.74 Å². The Morgan fingerprint density at radius 2 is 1.61 bits per heavy atom. The van der Waals surface area contributed by atoms with Crippen molar-refractivity contribution >= 4 is 5.91 Å². The first kappa shape index (κ1) is 22.0. The number of hydrogen-bond acceptors (Lipinski definition) is 4. The number of aromatic nitrogens is 2. The number of hydrogen-bond donors (Lipinski definition) is 1. The highest BCUT2D eigenvalue weighted by Gasteiger charge is 2.08.